The number of nitrogens with zero attached hydrogens (tertiary/aromatic N) is 1. The van der Waals surface area contributed by atoms with E-state index < -0.39 is 0 Å². The van der Waals surface area contributed by atoms with Gasteiger partial charge in [0, 0.05) is 5.69 Å². The van der Waals surface area contributed by atoms with Crippen molar-refractivity contribution in [1.29, 1.82) is 0 Å². The highest BCUT2D eigenvalue weighted by atomic mass is 16.3. The van der Waals surface area contributed by atoms with Gasteiger partial charge in [-0.2, -0.15) is 0 Å². The molecule has 4 heteroatoms. The quantitative estimate of drug-likeness (QED) is 0.611. The second-order valence-corrected chi connectivity index (χ2v) is 4.71. The van der Waals surface area contributed by atoms with Gasteiger partial charge in [-0.15, -0.1) is 0 Å². The van der Waals surface area contributed by atoms with E-state index in [2.05, 4.69) is 41.3 Å². The number of phenolic OH excluding ortho intramolecular Hbond substituents is 1. The first-order chi connectivity index (χ1) is 9.11. The Balaban J connectivity index is 1.95. The number of anilines is 2. The summed E-state index contributed by atoms with van der Waals surface area (Å²) < 4.78 is 0. The number of fused-ring (bicyclic) bond motifs is 1. The summed E-state index contributed by atoms with van der Waals surface area (Å²) in [6.07, 6.45) is 0. The van der Waals surface area contributed by atoms with Crippen LogP contribution in [0.25, 0.3) is 11.0 Å². The van der Waals surface area contributed by atoms with Crippen molar-refractivity contribution in [3.8, 4) is 5.75 Å². The van der Waals surface area contributed by atoms with E-state index >= 15 is 0 Å². The number of hydrogen-bond acceptors (Lipinski definition) is 3. The molecule has 0 radical (unpaired) electrons. The minimum absolute atomic E-state index is 0.251. The molecule has 0 amide bonds. The highest BCUT2D eigenvalue weighted by Crippen LogP contribution is 2.22. The highest BCUT2D eigenvalue weighted by molar-refractivity contribution is 5.80. The number of nitrogens with one attached hydrogen (secondary N) is 2. The van der Waals surface area contributed by atoms with E-state index in [4.69, 9.17) is 0 Å². The lowest BCUT2D eigenvalue weighted by Gasteiger charge is -2.01. The van der Waals surface area contributed by atoms with Crippen LogP contribution >= 0.6 is 0 Å². The molecule has 0 bridgehead atoms. The molecule has 3 rings (SSSR count). The number of aryl methyl sites for hydroxylation is 2. The zero-order valence-corrected chi connectivity index (χ0v) is 10.9. The molecule has 0 spiro atoms. The summed E-state index contributed by atoms with van der Waals surface area (Å²) in [6, 6.07) is 11.1. The first kappa shape index (κ1) is 11.6. The van der Waals surface area contributed by atoms with Gasteiger partial charge in [0.05, 0.1) is 11.0 Å². The lowest BCUT2D eigenvalue weighted by atomic mass is 10.1. The zero-order chi connectivity index (χ0) is 13.4. The van der Waals surface area contributed by atoms with Gasteiger partial charge in [-0.05, 0) is 61.4 Å². The van der Waals surface area contributed by atoms with Crippen molar-refractivity contribution >= 4 is 22.7 Å². The van der Waals surface area contributed by atoms with Gasteiger partial charge >= 0.3 is 0 Å². The molecule has 3 N–H and O–H groups in total. The first-order valence-corrected chi connectivity index (χ1v) is 6.15. The molecule has 1 heterocycles. The topological polar surface area (TPSA) is 60.9 Å². The highest BCUT2D eigenvalue weighted by Gasteiger charge is 2.05. The third-order valence-electron chi connectivity index (χ3n) is 3.23. The number of H-pyrrole nitrogens is 1. The number of rotatable bonds is 2. The van der Waals surface area contributed by atoms with E-state index in [1.807, 2.05) is 0 Å². The van der Waals surface area contributed by atoms with Crippen molar-refractivity contribution in [3.63, 3.8) is 0 Å². The van der Waals surface area contributed by atoms with E-state index in [1.54, 1.807) is 24.3 Å². The Morgan fingerprint density at radius 3 is 2.47 bits per heavy atom. The van der Waals surface area contributed by atoms with E-state index in [0.717, 1.165) is 16.7 Å². The summed E-state index contributed by atoms with van der Waals surface area (Å²) >= 11 is 0. The molecule has 0 aliphatic rings. The zero-order valence-electron chi connectivity index (χ0n) is 10.9. The minimum atomic E-state index is 0.251. The van der Waals surface area contributed by atoms with E-state index in [0.29, 0.717) is 5.95 Å². The molecule has 0 saturated heterocycles. The molecule has 0 aliphatic carbocycles. The molecule has 0 saturated carbocycles. The van der Waals surface area contributed by atoms with Crippen LogP contribution in [0.1, 0.15) is 11.1 Å². The number of benzene rings is 2. The molecule has 2 aromatic carbocycles. The van der Waals surface area contributed by atoms with Crippen LogP contribution < -0.4 is 5.32 Å². The minimum Gasteiger partial charge on any atom is -0.508 e. The van der Waals surface area contributed by atoms with Crippen LogP contribution in [0.15, 0.2) is 36.4 Å². The van der Waals surface area contributed by atoms with Crippen LogP contribution in [-0.4, -0.2) is 15.1 Å². The normalized spacial score (nSPS) is 10.8. The van der Waals surface area contributed by atoms with E-state index in [1.165, 1.54) is 11.1 Å². The maximum Gasteiger partial charge on any atom is 0.205 e. The van der Waals surface area contributed by atoms with Crippen LogP contribution in [0, 0.1) is 13.8 Å². The number of aromatic nitrogens is 2. The number of aromatic amines is 1. The second kappa shape index (κ2) is 4.31. The Kier molecular flexibility index (Phi) is 2.63. The molecule has 3 aromatic rings. The van der Waals surface area contributed by atoms with Crippen LogP contribution in [0.2, 0.25) is 0 Å². The average Bonchev–Trinajstić information content (AvgIpc) is 2.74. The largest absolute Gasteiger partial charge is 0.508 e. The predicted molar refractivity (Wildman–Crippen MR) is 77.0 cm³/mol. The van der Waals surface area contributed by atoms with Gasteiger partial charge in [0.2, 0.25) is 5.95 Å². The Morgan fingerprint density at radius 2 is 1.74 bits per heavy atom. The van der Waals surface area contributed by atoms with Crippen LogP contribution in [-0.2, 0) is 0 Å². The van der Waals surface area contributed by atoms with Gasteiger partial charge in [-0.1, -0.05) is 0 Å². The smallest absolute Gasteiger partial charge is 0.205 e. The van der Waals surface area contributed by atoms with Crippen molar-refractivity contribution < 1.29 is 5.11 Å². The molecule has 0 atom stereocenters. The molecule has 0 unspecified atom stereocenters. The average molecular weight is 253 g/mol. The lowest BCUT2D eigenvalue weighted by molar-refractivity contribution is 0.475. The summed E-state index contributed by atoms with van der Waals surface area (Å²) in [5, 5.41) is 12.4. The van der Waals surface area contributed by atoms with Crippen LogP contribution in [0.3, 0.4) is 0 Å². The predicted octanol–water partition coefficient (Wildman–Crippen LogP) is 3.63. The Bertz CT molecular complexity index is 690. The number of hydrogen-bond donors (Lipinski definition) is 3. The summed E-state index contributed by atoms with van der Waals surface area (Å²) in [5.41, 5.74) is 5.32. The van der Waals surface area contributed by atoms with Gasteiger partial charge in [0.25, 0.3) is 0 Å². The number of phenols is 1. The molecular formula is C15H15N3O. The van der Waals surface area contributed by atoms with Gasteiger partial charge < -0.3 is 15.4 Å². The fraction of sp³-hybridized carbons (Fsp3) is 0.133. The summed E-state index contributed by atoms with van der Waals surface area (Å²) in [5.74, 6) is 0.951. The van der Waals surface area contributed by atoms with E-state index in [-0.39, 0.29) is 5.75 Å². The second-order valence-electron chi connectivity index (χ2n) is 4.71. The van der Waals surface area contributed by atoms with Gasteiger partial charge in [0.15, 0.2) is 0 Å². The standard InChI is InChI=1S/C15H15N3O/c1-9-7-13-14(8-10(9)2)18-15(17-13)16-11-3-5-12(19)6-4-11/h3-8,19H,1-2H3,(H2,16,17,18). The molecule has 96 valence electrons. The fourth-order valence-corrected chi connectivity index (χ4v) is 2.01. The molecule has 19 heavy (non-hydrogen) atoms. The molecular weight excluding hydrogens is 238 g/mol. The molecule has 0 fully saturated rings. The van der Waals surface area contributed by atoms with Gasteiger partial charge in [-0.3, -0.25) is 0 Å². The number of aromatic hydroxyl groups is 1. The van der Waals surface area contributed by atoms with Crippen molar-refractivity contribution in [2.24, 2.45) is 0 Å². The summed E-state index contributed by atoms with van der Waals surface area (Å²) in [6.45, 7) is 4.17. The van der Waals surface area contributed by atoms with E-state index in [9.17, 15) is 5.11 Å². The monoisotopic (exact) mass is 253 g/mol. The summed E-state index contributed by atoms with van der Waals surface area (Å²) in [4.78, 5) is 7.75. The SMILES string of the molecule is Cc1cc2nc(Nc3ccc(O)cc3)[nH]c2cc1C. The Morgan fingerprint density at radius 1 is 1.05 bits per heavy atom. The van der Waals surface area contributed by atoms with Crippen molar-refractivity contribution in [1.82, 2.24) is 9.97 Å². The lowest BCUT2D eigenvalue weighted by Crippen LogP contribution is -1.91. The van der Waals surface area contributed by atoms with Crippen LogP contribution in [0.4, 0.5) is 11.6 Å². The van der Waals surface area contributed by atoms with Gasteiger partial charge in [0.1, 0.15) is 5.75 Å². The van der Waals surface area contributed by atoms with Crippen LogP contribution in [0.5, 0.6) is 5.75 Å². The third kappa shape index (κ3) is 2.25. The maximum absolute atomic E-state index is 9.25. The summed E-state index contributed by atoms with van der Waals surface area (Å²) in [7, 11) is 0. The Hall–Kier alpha value is -2.49. The number of imidazole rings is 1. The molecule has 4 nitrogen and oxygen atoms in total. The third-order valence-corrected chi connectivity index (χ3v) is 3.23. The van der Waals surface area contributed by atoms with Crippen molar-refractivity contribution in [2.75, 3.05) is 5.32 Å². The van der Waals surface area contributed by atoms with Crippen molar-refractivity contribution in [2.45, 2.75) is 13.8 Å². The molecule has 1 aromatic heterocycles. The first-order valence-electron chi connectivity index (χ1n) is 6.15. The Labute approximate surface area is 111 Å². The van der Waals surface area contributed by atoms with Crippen molar-refractivity contribution in [3.05, 3.63) is 47.5 Å². The maximum atomic E-state index is 9.25. The van der Waals surface area contributed by atoms with Gasteiger partial charge in [-0.25, -0.2) is 4.98 Å². The molecule has 0 aliphatic heterocycles. The fourth-order valence-electron chi connectivity index (χ4n) is 2.01.